The van der Waals surface area contributed by atoms with Crippen molar-refractivity contribution in [1.82, 2.24) is 9.97 Å². The number of benzene rings is 2. The SMILES string of the molecule is CCCc1cncnc1-c1ccc2c(c1)CCC(C)N2C(=O)c1ccc(O)cc1O. The highest BCUT2D eigenvalue weighted by Crippen LogP contribution is 2.36. The molecule has 2 N–H and O–H groups in total. The minimum absolute atomic E-state index is 0.00115. The number of hydrogen-bond donors (Lipinski definition) is 2. The van der Waals surface area contributed by atoms with Crippen LogP contribution in [0, 0.1) is 0 Å². The van der Waals surface area contributed by atoms with Crippen LogP contribution in [-0.2, 0) is 12.8 Å². The van der Waals surface area contributed by atoms with Gasteiger partial charge < -0.3 is 15.1 Å². The fraction of sp³-hybridized carbons (Fsp3) is 0.292. The molecule has 1 aromatic heterocycles. The van der Waals surface area contributed by atoms with Crippen LogP contribution in [0.5, 0.6) is 11.5 Å². The summed E-state index contributed by atoms with van der Waals surface area (Å²) in [5, 5.41) is 19.7. The number of aryl methyl sites for hydroxylation is 2. The molecular formula is C24H25N3O3. The topological polar surface area (TPSA) is 86.6 Å². The van der Waals surface area contributed by atoms with Crippen molar-refractivity contribution in [2.45, 2.75) is 45.6 Å². The van der Waals surface area contributed by atoms with Crippen molar-refractivity contribution in [2.75, 3.05) is 4.90 Å². The summed E-state index contributed by atoms with van der Waals surface area (Å²) in [6, 6.07) is 10.1. The zero-order valence-corrected chi connectivity index (χ0v) is 17.2. The number of aromatic nitrogens is 2. The Hall–Kier alpha value is -3.41. The average Bonchev–Trinajstić information content (AvgIpc) is 2.73. The first kappa shape index (κ1) is 19.9. The van der Waals surface area contributed by atoms with E-state index in [1.165, 1.54) is 18.2 Å². The summed E-state index contributed by atoms with van der Waals surface area (Å²) in [6.45, 7) is 4.14. The Morgan fingerprint density at radius 2 is 2.03 bits per heavy atom. The van der Waals surface area contributed by atoms with Gasteiger partial charge in [0.2, 0.25) is 0 Å². The number of phenolic OH excluding ortho intramolecular Hbond substituents is 2. The second-order valence-corrected chi connectivity index (χ2v) is 7.75. The Labute approximate surface area is 175 Å². The molecule has 0 radical (unpaired) electrons. The van der Waals surface area contributed by atoms with E-state index >= 15 is 0 Å². The number of carbonyl (C=O) groups excluding carboxylic acids is 1. The Balaban J connectivity index is 1.74. The molecule has 2 aromatic carbocycles. The zero-order valence-electron chi connectivity index (χ0n) is 17.2. The highest BCUT2D eigenvalue weighted by atomic mass is 16.3. The maximum Gasteiger partial charge on any atom is 0.262 e. The van der Waals surface area contributed by atoms with Crippen LogP contribution in [-0.4, -0.2) is 32.1 Å². The third-order valence-corrected chi connectivity index (χ3v) is 5.62. The van der Waals surface area contributed by atoms with E-state index in [0.717, 1.165) is 53.8 Å². The highest BCUT2D eigenvalue weighted by Gasteiger charge is 2.30. The maximum absolute atomic E-state index is 13.3. The van der Waals surface area contributed by atoms with Crippen LogP contribution in [0.25, 0.3) is 11.3 Å². The lowest BCUT2D eigenvalue weighted by atomic mass is 9.92. The van der Waals surface area contributed by atoms with Gasteiger partial charge in [0.15, 0.2) is 0 Å². The number of amides is 1. The van der Waals surface area contributed by atoms with Gasteiger partial charge in [-0.3, -0.25) is 4.79 Å². The molecule has 4 rings (SSSR count). The fourth-order valence-corrected chi connectivity index (χ4v) is 4.11. The minimum atomic E-state index is -0.276. The lowest BCUT2D eigenvalue weighted by Crippen LogP contribution is -2.42. The molecule has 0 aliphatic carbocycles. The van der Waals surface area contributed by atoms with Crippen molar-refractivity contribution in [2.24, 2.45) is 0 Å². The largest absolute Gasteiger partial charge is 0.508 e. The first-order chi connectivity index (χ1) is 14.5. The van der Waals surface area contributed by atoms with Gasteiger partial charge in [-0.2, -0.15) is 0 Å². The van der Waals surface area contributed by atoms with E-state index in [9.17, 15) is 15.0 Å². The summed E-state index contributed by atoms with van der Waals surface area (Å²) in [4.78, 5) is 23.7. The van der Waals surface area contributed by atoms with Gasteiger partial charge in [-0.1, -0.05) is 19.4 Å². The average molecular weight is 403 g/mol. The molecule has 6 heteroatoms. The molecule has 1 unspecified atom stereocenters. The Bertz CT molecular complexity index is 1100. The summed E-state index contributed by atoms with van der Waals surface area (Å²) < 4.78 is 0. The van der Waals surface area contributed by atoms with Crippen LogP contribution >= 0.6 is 0 Å². The van der Waals surface area contributed by atoms with E-state index in [4.69, 9.17) is 0 Å². The van der Waals surface area contributed by atoms with Gasteiger partial charge in [-0.05, 0) is 61.6 Å². The molecule has 0 saturated carbocycles. The lowest BCUT2D eigenvalue weighted by Gasteiger charge is -2.35. The number of fused-ring (bicyclic) bond motifs is 1. The van der Waals surface area contributed by atoms with Crippen molar-refractivity contribution >= 4 is 11.6 Å². The van der Waals surface area contributed by atoms with Gasteiger partial charge in [-0.25, -0.2) is 9.97 Å². The third-order valence-electron chi connectivity index (χ3n) is 5.62. The normalized spacial score (nSPS) is 15.7. The van der Waals surface area contributed by atoms with Gasteiger partial charge in [0, 0.05) is 29.6 Å². The number of nitrogens with zero attached hydrogens (tertiary/aromatic N) is 3. The van der Waals surface area contributed by atoms with Gasteiger partial charge in [0.05, 0.1) is 11.3 Å². The molecule has 0 bridgehead atoms. The summed E-state index contributed by atoms with van der Waals surface area (Å²) in [6.07, 6.45) is 7.06. The summed E-state index contributed by atoms with van der Waals surface area (Å²) >= 11 is 0. The molecule has 2 heterocycles. The number of hydrogen-bond acceptors (Lipinski definition) is 5. The molecular weight excluding hydrogens is 378 g/mol. The predicted molar refractivity (Wildman–Crippen MR) is 116 cm³/mol. The smallest absolute Gasteiger partial charge is 0.262 e. The van der Waals surface area contributed by atoms with Crippen molar-refractivity contribution in [3.8, 4) is 22.8 Å². The molecule has 3 aromatic rings. The first-order valence-corrected chi connectivity index (χ1v) is 10.3. The third kappa shape index (κ3) is 3.61. The minimum Gasteiger partial charge on any atom is -0.508 e. The molecule has 1 atom stereocenters. The van der Waals surface area contributed by atoms with Crippen LogP contribution < -0.4 is 4.90 Å². The quantitative estimate of drug-likeness (QED) is 0.670. The molecule has 1 amide bonds. The second kappa shape index (κ2) is 8.14. The molecule has 30 heavy (non-hydrogen) atoms. The van der Waals surface area contributed by atoms with Crippen LogP contribution in [0.4, 0.5) is 5.69 Å². The van der Waals surface area contributed by atoms with Crippen LogP contribution in [0.3, 0.4) is 0 Å². The van der Waals surface area contributed by atoms with Crippen LogP contribution in [0.15, 0.2) is 48.9 Å². The van der Waals surface area contributed by atoms with E-state index in [1.807, 2.05) is 25.3 Å². The van der Waals surface area contributed by atoms with Gasteiger partial charge >= 0.3 is 0 Å². The molecule has 1 aliphatic heterocycles. The molecule has 6 nitrogen and oxygen atoms in total. The number of aromatic hydroxyl groups is 2. The van der Waals surface area contributed by atoms with Crippen LogP contribution in [0.2, 0.25) is 0 Å². The van der Waals surface area contributed by atoms with Crippen LogP contribution in [0.1, 0.15) is 48.2 Å². The van der Waals surface area contributed by atoms with E-state index in [-0.39, 0.29) is 29.0 Å². The first-order valence-electron chi connectivity index (χ1n) is 10.3. The Morgan fingerprint density at radius 3 is 2.80 bits per heavy atom. The fourth-order valence-electron chi connectivity index (χ4n) is 4.11. The number of phenols is 2. The van der Waals surface area contributed by atoms with Gasteiger partial charge in [-0.15, -0.1) is 0 Å². The Morgan fingerprint density at radius 1 is 1.20 bits per heavy atom. The predicted octanol–water partition coefficient (Wildman–Crippen LogP) is 4.49. The molecule has 0 spiro atoms. The maximum atomic E-state index is 13.3. The van der Waals surface area contributed by atoms with Gasteiger partial charge in [0.1, 0.15) is 17.8 Å². The standard InChI is InChI=1S/C24H25N3O3/c1-3-4-18-13-25-14-26-23(18)17-7-10-21-16(11-17)6-5-15(2)27(21)24(30)20-9-8-19(28)12-22(20)29/h7-15,28-29H,3-6H2,1-2H3. The van der Waals surface area contributed by atoms with Crippen molar-refractivity contribution < 1.29 is 15.0 Å². The van der Waals surface area contributed by atoms with E-state index in [1.54, 1.807) is 11.2 Å². The number of rotatable bonds is 4. The number of carbonyl (C=O) groups is 1. The molecule has 0 fully saturated rings. The summed E-state index contributed by atoms with van der Waals surface area (Å²) in [5.41, 5.74) is 5.18. The molecule has 154 valence electrons. The van der Waals surface area contributed by atoms with Crippen molar-refractivity contribution in [3.63, 3.8) is 0 Å². The highest BCUT2D eigenvalue weighted by molar-refractivity contribution is 6.09. The molecule has 1 aliphatic rings. The van der Waals surface area contributed by atoms with Crippen molar-refractivity contribution in [3.05, 3.63) is 65.6 Å². The molecule has 0 saturated heterocycles. The Kier molecular flexibility index (Phi) is 5.40. The monoisotopic (exact) mass is 403 g/mol. The summed E-state index contributed by atoms with van der Waals surface area (Å²) in [7, 11) is 0. The lowest BCUT2D eigenvalue weighted by molar-refractivity contribution is 0.0972. The van der Waals surface area contributed by atoms with E-state index < -0.39 is 0 Å². The van der Waals surface area contributed by atoms with Crippen molar-refractivity contribution in [1.29, 1.82) is 0 Å². The summed E-state index contributed by atoms with van der Waals surface area (Å²) in [5.74, 6) is -0.572. The zero-order chi connectivity index (χ0) is 21.3. The van der Waals surface area contributed by atoms with E-state index in [0.29, 0.717) is 0 Å². The van der Waals surface area contributed by atoms with Gasteiger partial charge in [0.25, 0.3) is 5.91 Å². The van der Waals surface area contributed by atoms with E-state index in [2.05, 4.69) is 23.0 Å². The second-order valence-electron chi connectivity index (χ2n) is 7.75. The number of anilines is 1.